The molecule has 0 heterocycles. The van der Waals surface area contributed by atoms with Crippen molar-refractivity contribution in [2.75, 3.05) is 21.0 Å². The standard InChI is InChI=1S/C11H22O5Si/c1-6-8-10(3)17(13-4,14-5)16-9-15-11(12)7-2/h7,10H,2,6,8-9H2,1,3-5H3. The van der Waals surface area contributed by atoms with Crippen LogP contribution < -0.4 is 0 Å². The third-order valence-electron chi connectivity index (χ3n) is 2.52. The Kier molecular flexibility index (Phi) is 8.06. The normalized spacial score (nSPS) is 13.2. The van der Waals surface area contributed by atoms with Crippen molar-refractivity contribution in [1.29, 1.82) is 0 Å². The average Bonchev–Trinajstić information content (AvgIpc) is 2.35. The first-order chi connectivity index (χ1) is 8.06. The van der Waals surface area contributed by atoms with E-state index in [1.807, 2.05) is 6.92 Å². The molecule has 0 rings (SSSR count). The maximum absolute atomic E-state index is 10.9. The van der Waals surface area contributed by atoms with E-state index in [9.17, 15) is 4.79 Å². The Balaban J connectivity index is 4.39. The van der Waals surface area contributed by atoms with Gasteiger partial charge in [0.1, 0.15) is 0 Å². The first-order valence-electron chi connectivity index (χ1n) is 5.59. The molecular formula is C11H22O5Si. The second-order valence-electron chi connectivity index (χ2n) is 3.63. The van der Waals surface area contributed by atoms with Crippen molar-refractivity contribution in [1.82, 2.24) is 0 Å². The Morgan fingerprint density at radius 2 is 2.00 bits per heavy atom. The number of esters is 1. The molecule has 1 unspecified atom stereocenters. The van der Waals surface area contributed by atoms with Gasteiger partial charge < -0.3 is 18.0 Å². The van der Waals surface area contributed by atoms with Gasteiger partial charge in [0.15, 0.2) is 6.79 Å². The first-order valence-corrected chi connectivity index (χ1v) is 7.39. The Morgan fingerprint density at radius 1 is 1.41 bits per heavy atom. The van der Waals surface area contributed by atoms with Gasteiger partial charge in [-0.1, -0.05) is 26.8 Å². The van der Waals surface area contributed by atoms with Crippen LogP contribution in [0.15, 0.2) is 12.7 Å². The van der Waals surface area contributed by atoms with Crippen molar-refractivity contribution in [2.45, 2.75) is 32.2 Å². The summed E-state index contributed by atoms with van der Waals surface area (Å²) in [7, 11) is 0.347. The van der Waals surface area contributed by atoms with Crippen molar-refractivity contribution < 1.29 is 22.8 Å². The lowest BCUT2D eigenvalue weighted by Gasteiger charge is -2.31. The summed E-state index contributed by atoms with van der Waals surface area (Å²) >= 11 is 0. The SMILES string of the molecule is C=CC(=O)OCO[Si](OC)(OC)C(C)CCC. The fourth-order valence-electron chi connectivity index (χ4n) is 1.58. The summed E-state index contributed by atoms with van der Waals surface area (Å²) in [6, 6.07) is 0. The second-order valence-corrected chi connectivity index (χ2v) is 6.93. The van der Waals surface area contributed by atoms with Crippen molar-refractivity contribution in [3.8, 4) is 0 Å². The molecule has 5 nitrogen and oxygen atoms in total. The predicted molar refractivity (Wildman–Crippen MR) is 66.3 cm³/mol. The summed E-state index contributed by atoms with van der Waals surface area (Å²) in [4.78, 5) is 10.9. The van der Waals surface area contributed by atoms with Gasteiger partial charge in [-0.15, -0.1) is 0 Å². The molecule has 0 saturated heterocycles. The fourth-order valence-corrected chi connectivity index (χ4v) is 3.94. The van der Waals surface area contributed by atoms with E-state index in [4.69, 9.17) is 18.0 Å². The molecule has 0 aromatic carbocycles. The topological polar surface area (TPSA) is 54.0 Å². The highest BCUT2D eigenvalue weighted by Gasteiger charge is 2.45. The first kappa shape index (κ1) is 16.3. The van der Waals surface area contributed by atoms with Crippen molar-refractivity contribution in [3.05, 3.63) is 12.7 Å². The Labute approximate surface area is 104 Å². The van der Waals surface area contributed by atoms with E-state index in [1.165, 1.54) is 0 Å². The van der Waals surface area contributed by atoms with Gasteiger partial charge in [-0.05, 0) is 6.42 Å². The molecule has 1 atom stereocenters. The van der Waals surface area contributed by atoms with E-state index in [2.05, 4.69) is 13.5 Å². The van der Waals surface area contributed by atoms with Gasteiger partial charge in [0.05, 0.1) is 0 Å². The van der Waals surface area contributed by atoms with Crippen LogP contribution in [0.4, 0.5) is 0 Å². The molecule has 0 N–H and O–H groups in total. The monoisotopic (exact) mass is 262 g/mol. The Morgan fingerprint density at radius 3 is 2.41 bits per heavy atom. The van der Waals surface area contributed by atoms with Gasteiger partial charge in [-0.2, -0.15) is 0 Å². The quantitative estimate of drug-likeness (QED) is 0.276. The Hall–Kier alpha value is -0.693. The molecule has 0 bridgehead atoms. The van der Waals surface area contributed by atoms with E-state index in [1.54, 1.807) is 14.2 Å². The van der Waals surface area contributed by atoms with Crippen LogP contribution in [0, 0.1) is 0 Å². The van der Waals surface area contributed by atoms with Crippen LogP contribution in [0.5, 0.6) is 0 Å². The highest BCUT2D eigenvalue weighted by Crippen LogP contribution is 2.28. The lowest BCUT2D eigenvalue weighted by molar-refractivity contribution is -0.146. The van der Waals surface area contributed by atoms with Crippen LogP contribution in [0.3, 0.4) is 0 Å². The van der Waals surface area contributed by atoms with Crippen LogP contribution in [-0.4, -0.2) is 35.8 Å². The molecule has 0 spiro atoms. The van der Waals surface area contributed by atoms with E-state index >= 15 is 0 Å². The number of ether oxygens (including phenoxy) is 1. The number of hydrogen-bond donors (Lipinski definition) is 0. The molecule has 0 aliphatic carbocycles. The van der Waals surface area contributed by atoms with Crippen molar-refractivity contribution in [2.24, 2.45) is 0 Å². The van der Waals surface area contributed by atoms with E-state index < -0.39 is 14.8 Å². The fraction of sp³-hybridized carbons (Fsp3) is 0.727. The highest BCUT2D eigenvalue weighted by atomic mass is 28.4. The minimum atomic E-state index is -2.76. The average molecular weight is 262 g/mol. The highest BCUT2D eigenvalue weighted by molar-refractivity contribution is 6.62. The van der Waals surface area contributed by atoms with Crippen LogP contribution >= 0.6 is 0 Å². The lowest BCUT2D eigenvalue weighted by Crippen LogP contribution is -2.48. The zero-order valence-corrected chi connectivity index (χ0v) is 12.0. The van der Waals surface area contributed by atoms with Crippen molar-refractivity contribution in [3.63, 3.8) is 0 Å². The van der Waals surface area contributed by atoms with Crippen LogP contribution in [0.2, 0.25) is 5.54 Å². The van der Waals surface area contributed by atoms with Gasteiger partial charge >= 0.3 is 14.8 Å². The summed E-state index contributed by atoms with van der Waals surface area (Å²) in [5.41, 5.74) is 0.157. The number of rotatable bonds is 9. The van der Waals surface area contributed by atoms with E-state index in [0.717, 1.165) is 18.9 Å². The molecule has 0 aromatic rings. The summed E-state index contributed by atoms with van der Waals surface area (Å²) in [5, 5.41) is 0. The van der Waals surface area contributed by atoms with Crippen LogP contribution in [0.25, 0.3) is 0 Å². The van der Waals surface area contributed by atoms with Gasteiger partial charge in [-0.25, -0.2) is 4.79 Å². The zero-order valence-electron chi connectivity index (χ0n) is 11.0. The largest absolute Gasteiger partial charge is 0.505 e. The summed E-state index contributed by atoms with van der Waals surface area (Å²) < 4.78 is 21.1. The molecule has 0 radical (unpaired) electrons. The lowest BCUT2D eigenvalue weighted by atomic mass is 10.3. The maximum Gasteiger partial charge on any atom is 0.505 e. The molecular weight excluding hydrogens is 240 g/mol. The second kappa shape index (κ2) is 8.41. The number of carbonyl (C=O) groups excluding carboxylic acids is 1. The predicted octanol–water partition coefficient (Wildman–Crippen LogP) is 2.11. The van der Waals surface area contributed by atoms with Crippen molar-refractivity contribution >= 4 is 14.8 Å². The smallest absolute Gasteiger partial charge is 0.436 e. The van der Waals surface area contributed by atoms with Crippen LogP contribution in [-0.2, 0) is 22.8 Å². The molecule has 0 amide bonds. The minimum absolute atomic E-state index is 0.157. The molecule has 0 aromatic heterocycles. The molecule has 17 heavy (non-hydrogen) atoms. The van der Waals surface area contributed by atoms with Crippen LogP contribution in [0.1, 0.15) is 26.7 Å². The van der Waals surface area contributed by atoms with Gasteiger partial charge in [-0.3, -0.25) is 0 Å². The third kappa shape index (κ3) is 4.99. The van der Waals surface area contributed by atoms with Gasteiger partial charge in [0, 0.05) is 25.8 Å². The number of carbonyl (C=O) groups is 1. The summed E-state index contributed by atoms with van der Waals surface area (Å²) in [5.74, 6) is -0.525. The minimum Gasteiger partial charge on any atom is -0.436 e. The molecule has 0 aliphatic heterocycles. The molecule has 100 valence electrons. The summed E-state index contributed by atoms with van der Waals surface area (Å²) in [6.07, 6.45) is 3.03. The van der Waals surface area contributed by atoms with E-state index in [-0.39, 0.29) is 12.3 Å². The maximum atomic E-state index is 10.9. The molecule has 0 aliphatic rings. The van der Waals surface area contributed by atoms with E-state index in [0.29, 0.717) is 0 Å². The zero-order chi connectivity index (χ0) is 13.3. The van der Waals surface area contributed by atoms with Gasteiger partial charge in [0.25, 0.3) is 0 Å². The molecule has 0 saturated carbocycles. The third-order valence-corrected chi connectivity index (χ3v) is 5.68. The number of hydrogen-bond acceptors (Lipinski definition) is 5. The molecule has 6 heteroatoms. The summed E-state index contributed by atoms with van der Waals surface area (Å²) in [6.45, 7) is 7.22. The molecule has 0 fully saturated rings. The Bertz CT molecular complexity index is 240. The van der Waals surface area contributed by atoms with Gasteiger partial charge in [0.2, 0.25) is 0 Å².